The molecule has 1 N–H and O–H groups in total. The number of rotatable bonds is 3. The van der Waals surface area contributed by atoms with Gasteiger partial charge in [-0.25, -0.2) is 18.2 Å². The summed E-state index contributed by atoms with van der Waals surface area (Å²) in [6, 6.07) is 4.16. The minimum Gasteiger partial charge on any atom is -0.317 e. The molecular formula is C18H17F3N8. The van der Waals surface area contributed by atoms with E-state index in [9.17, 15) is 13.2 Å². The molecule has 1 aromatic carbocycles. The number of nitrogens with one attached hydrogen (secondary N) is 1. The van der Waals surface area contributed by atoms with Crippen LogP contribution in [-0.2, 0) is 0 Å². The maximum absolute atomic E-state index is 14.8. The average Bonchev–Trinajstić information content (AvgIpc) is 3.30. The zero-order valence-corrected chi connectivity index (χ0v) is 15.5. The van der Waals surface area contributed by atoms with Crippen LogP contribution in [0.1, 0.15) is 36.7 Å². The number of hydrogen-bond acceptors (Lipinski definition) is 6. The molecule has 4 aromatic rings. The first-order valence-corrected chi connectivity index (χ1v) is 9.29. The van der Waals surface area contributed by atoms with E-state index < -0.39 is 12.2 Å². The van der Waals surface area contributed by atoms with Crippen molar-refractivity contribution in [2.24, 2.45) is 0 Å². The molecule has 5 rings (SSSR count). The zero-order valence-electron chi connectivity index (χ0n) is 15.5. The van der Waals surface area contributed by atoms with E-state index in [0.29, 0.717) is 16.9 Å². The molecule has 29 heavy (non-hydrogen) atoms. The number of aromatic nitrogens is 7. The van der Waals surface area contributed by atoms with Gasteiger partial charge in [0.1, 0.15) is 16.9 Å². The van der Waals surface area contributed by atoms with Crippen molar-refractivity contribution in [1.82, 2.24) is 40.1 Å². The SMILES string of the molecule is Cc1nc2c(C(F)F)cc(-c3cc(F)c4nn(C5CCNCC5)nc4c3)nn2n1. The molecule has 4 heterocycles. The maximum atomic E-state index is 14.8. The fourth-order valence-electron chi connectivity index (χ4n) is 3.64. The molecule has 11 heteroatoms. The lowest BCUT2D eigenvalue weighted by Gasteiger charge is -2.21. The summed E-state index contributed by atoms with van der Waals surface area (Å²) in [5.41, 5.74) is 0.668. The van der Waals surface area contributed by atoms with Crippen molar-refractivity contribution in [3.63, 3.8) is 0 Å². The normalized spacial score (nSPS) is 15.8. The highest BCUT2D eigenvalue weighted by Crippen LogP contribution is 2.30. The highest BCUT2D eigenvalue weighted by molar-refractivity contribution is 5.81. The Bertz CT molecular complexity index is 1210. The number of aryl methyl sites for hydroxylation is 1. The van der Waals surface area contributed by atoms with Crippen LogP contribution in [0.25, 0.3) is 27.9 Å². The third kappa shape index (κ3) is 3.11. The number of halogens is 3. The number of benzene rings is 1. The van der Waals surface area contributed by atoms with Gasteiger partial charge < -0.3 is 5.32 Å². The molecule has 1 aliphatic rings. The minimum absolute atomic E-state index is 0.0142. The number of piperidine rings is 1. The molecule has 0 amide bonds. The molecule has 0 unspecified atom stereocenters. The van der Waals surface area contributed by atoms with Crippen molar-refractivity contribution in [3.8, 4) is 11.3 Å². The van der Waals surface area contributed by atoms with Gasteiger partial charge in [-0.3, -0.25) is 0 Å². The number of fused-ring (bicyclic) bond motifs is 2. The van der Waals surface area contributed by atoms with Crippen LogP contribution < -0.4 is 5.32 Å². The second-order valence-corrected chi connectivity index (χ2v) is 7.09. The monoisotopic (exact) mass is 402 g/mol. The van der Waals surface area contributed by atoms with E-state index in [1.165, 1.54) is 12.1 Å². The second kappa shape index (κ2) is 6.76. The Balaban J connectivity index is 1.63. The van der Waals surface area contributed by atoms with Gasteiger partial charge in [0, 0.05) is 5.56 Å². The zero-order chi connectivity index (χ0) is 20.1. The molecule has 1 aliphatic heterocycles. The van der Waals surface area contributed by atoms with E-state index in [-0.39, 0.29) is 28.5 Å². The number of alkyl halides is 2. The third-order valence-corrected chi connectivity index (χ3v) is 5.07. The minimum atomic E-state index is -2.77. The molecule has 8 nitrogen and oxygen atoms in total. The molecule has 0 bridgehead atoms. The van der Waals surface area contributed by atoms with E-state index in [4.69, 9.17) is 0 Å². The number of hydrogen-bond donors (Lipinski definition) is 1. The quantitative estimate of drug-likeness (QED) is 0.567. The van der Waals surface area contributed by atoms with Gasteiger partial charge >= 0.3 is 0 Å². The lowest BCUT2D eigenvalue weighted by atomic mass is 10.1. The van der Waals surface area contributed by atoms with Crippen molar-refractivity contribution < 1.29 is 13.2 Å². The van der Waals surface area contributed by atoms with Crippen molar-refractivity contribution in [3.05, 3.63) is 35.4 Å². The fourth-order valence-corrected chi connectivity index (χ4v) is 3.64. The predicted octanol–water partition coefficient (Wildman–Crippen LogP) is 2.85. The van der Waals surface area contributed by atoms with Crippen LogP contribution in [0.15, 0.2) is 18.2 Å². The van der Waals surface area contributed by atoms with Crippen molar-refractivity contribution in [2.45, 2.75) is 32.2 Å². The van der Waals surface area contributed by atoms with Crippen LogP contribution in [-0.4, -0.2) is 47.9 Å². The first-order chi connectivity index (χ1) is 14.0. The molecule has 150 valence electrons. The molecule has 0 saturated carbocycles. The Morgan fingerprint density at radius 3 is 2.62 bits per heavy atom. The second-order valence-electron chi connectivity index (χ2n) is 7.09. The average molecular weight is 402 g/mol. The van der Waals surface area contributed by atoms with Gasteiger partial charge in [0.2, 0.25) is 0 Å². The van der Waals surface area contributed by atoms with Crippen LogP contribution in [0.2, 0.25) is 0 Å². The van der Waals surface area contributed by atoms with Crippen molar-refractivity contribution in [2.75, 3.05) is 13.1 Å². The summed E-state index contributed by atoms with van der Waals surface area (Å²) in [4.78, 5) is 5.55. The van der Waals surface area contributed by atoms with Gasteiger partial charge in [-0.1, -0.05) is 0 Å². The Hall–Kier alpha value is -3.08. The van der Waals surface area contributed by atoms with Gasteiger partial charge in [-0.15, -0.1) is 19.9 Å². The third-order valence-electron chi connectivity index (χ3n) is 5.07. The van der Waals surface area contributed by atoms with Gasteiger partial charge in [-0.05, 0) is 51.1 Å². The summed E-state index contributed by atoms with van der Waals surface area (Å²) in [6.07, 6.45) is -1.05. The lowest BCUT2D eigenvalue weighted by Crippen LogP contribution is -2.30. The first-order valence-electron chi connectivity index (χ1n) is 9.29. The Labute approximate surface area is 162 Å². The van der Waals surface area contributed by atoms with Gasteiger partial charge in [0.25, 0.3) is 6.43 Å². The molecule has 0 aliphatic carbocycles. The largest absolute Gasteiger partial charge is 0.317 e. The molecule has 1 fully saturated rings. The fraction of sp³-hybridized carbons (Fsp3) is 0.389. The van der Waals surface area contributed by atoms with E-state index in [1.807, 2.05) is 0 Å². The van der Waals surface area contributed by atoms with Crippen molar-refractivity contribution in [1.29, 1.82) is 0 Å². The summed E-state index contributed by atoms with van der Waals surface area (Å²) in [5, 5.41) is 20.3. The Morgan fingerprint density at radius 2 is 1.86 bits per heavy atom. The maximum Gasteiger partial charge on any atom is 0.267 e. The van der Waals surface area contributed by atoms with E-state index >= 15 is 0 Å². The van der Waals surface area contributed by atoms with Gasteiger partial charge in [0.05, 0.1) is 17.3 Å². The highest BCUT2D eigenvalue weighted by atomic mass is 19.3. The van der Waals surface area contributed by atoms with E-state index in [1.54, 1.807) is 17.8 Å². The summed E-state index contributed by atoms with van der Waals surface area (Å²) in [5.74, 6) is -0.254. The summed E-state index contributed by atoms with van der Waals surface area (Å²) in [7, 11) is 0. The molecule has 1 saturated heterocycles. The van der Waals surface area contributed by atoms with Gasteiger partial charge in [0.15, 0.2) is 11.5 Å². The van der Waals surface area contributed by atoms with Crippen LogP contribution in [0, 0.1) is 12.7 Å². The Morgan fingerprint density at radius 1 is 1.07 bits per heavy atom. The predicted molar refractivity (Wildman–Crippen MR) is 98.1 cm³/mol. The topological polar surface area (TPSA) is 85.8 Å². The van der Waals surface area contributed by atoms with Crippen LogP contribution in [0.3, 0.4) is 0 Å². The van der Waals surface area contributed by atoms with E-state index in [0.717, 1.165) is 30.6 Å². The molecule has 3 aromatic heterocycles. The van der Waals surface area contributed by atoms with Crippen LogP contribution in [0.5, 0.6) is 0 Å². The highest BCUT2D eigenvalue weighted by Gasteiger charge is 2.22. The Kier molecular flexibility index (Phi) is 4.19. The van der Waals surface area contributed by atoms with Gasteiger partial charge in [-0.2, -0.15) is 9.90 Å². The molecular weight excluding hydrogens is 385 g/mol. The van der Waals surface area contributed by atoms with E-state index in [2.05, 4.69) is 30.7 Å². The summed E-state index contributed by atoms with van der Waals surface area (Å²) >= 11 is 0. The first kappa shape index (κ1) is 18.0. The molecule has 0 radical (unpaired) electrons. The van der Waals surface area contributed by atoms with Crippen LogP contribution in [0.4, 0.5) is 13.2 Å². The standard InChI is InChI=1S/C18H17F3N8/c1-9-23-18-12(17(20)21)8-14(25-29(18)24-9)10-6-13(19)16-15(7-10)26-28(27-16)11-2-4-22-5-3-11/h6-8,11,17,22H,2-5H2,1H3. The van der Waals surface area contributed by atoms with Crippen molar-refractivity contribution >= 4 is 16.7 Å². The molecule has 0 spiro atoms. The number of nitrogens with zero attached hydrogens (tertiary/aromatic N) is 7. The van der Waals surface area contributed by atoms with Crippen LogP contribution >= 0.6 is 0 Å². The summed E-state index contributed by atoms with van der Waals surface area (Å²) < 4.78 is 42.9. The molecule has 0 atom stereocenters. The smallest absolute Gasteiger partial charge is 0.267 e. The summed E-state index contributed by atoms with van der Waals surface area (Å²) in [6.45, 7) is 3.30. The lowest BCUT2D eigenvalue weighted by molar-refractivity contribution is 0.152.